The third-order valence-corrected chi connectivity index (χ3v) is 4.82. The summed E-state index contributed by atoms with van der Waals surface area (Å²) in [5.74, 6) is -0.356. The molecule has 0 saturated carbocycles. The Bertz CT molecular complexity index is 172. The van der Waals surface area contributed by atoms with Crippen molar-refractivity contribution in [2.75, 3.05) is 19.8 Å². The molecule has 0 aromatic rings. The van der Waals surface area contributed by atoms with Crippen LogP contribution >= 0.6 is 0 Å². The maximum absolute atomic E-state index is 10.7. The second kappa shape index (κ2) is 7.81. The van der Waals surface area contributed by atoms with Gasteiger partial charge in [0, 0.05) is 32.3 Å². The van der Waals surface area contributed by atoms with Gasteiger partial charge in [-0.25, -0.2) is 0 Å². The molecule has 0 fully saturated rings. The highest BCUT2D eigenvalue weighted by atomic mass is 28.4. The van der Waals surface area contributed by atoms with Crippen LogP contribution in [0.25, 0.3) is 0 Å². The molecule has 15 heavy (non-hydrogen) atoms. The average Bonchev–Trinajstić information content (AvgIpc) is 2.16. The van der Waals surface area contributed by atoms with Gasteiger partial charge in [0.05, 0.1) is 0 Å². The van der Waals surface area contributed by atoms with E-state index in [1.807, 2.05) is 20.8 Å². The van der Waals surface area contributed by atoms with Gasteiger partial charge < -0.3 is 19.0 Å². The highest BCUT2D eigenvalue weighted by molar-refractivity contribution is 6.61. The molecule has 0 aromatic carbocycles. The van der Waals surface area contributed by atoms with E-state index in [2.05, 4.69) is 0 Å². The monoisotopic (exact) mass is 235 g/mol. The Morgan fingerprint density at radius 3 is 1.73 bits per heavy atom. The van der Waals surface area contributed by atoms with Gasteiger partial charge in [-0.2, -0.15) is 0 Å². The fourth-order valence-electron chi connectivity index (χ4n) is 1.28. The smallest absolute Gasteiger partial charge is 0.374 e. The number of rotatable bonds is 9. The van der Waals surface area contributed by atoms with E-state index in [0.717, 1.165) is 0 Å². The van der Waals surface area contributed by atoms with Gasteiger partial charge in [0.25, 0.3) is 0 Å². The Labute approximate surface area is 92.3 Å². The van der Waals surface area contributed by atoms with Crippen molar-refractivity contribution in [1.29, 1.82) is 0 Å². The van der Waals surface area contributed by atoms with Gasteiger partial charge in [-0.3, -0.25) is 4.79 Å². The zero-order valence-electron chi connectivity index (χ0n) is 9.75. The largest absolute Gasteiger partial charge is 0.501 e. The van der Waals surface area contributed by atoms with Crippen LogP contribution in [0.1, 0.15) is 27.2 Å². The Hall–Kier alpha value is -0.433. The first-order chi connectivity index (χ1) is 7.10. The summed E-state index contributed by atoms with van der Waals surface area (Å²) in [7, 11) is -2.66. The van der Waals surface area contributed by atoms with Crippen molar-refractivity contribution in [2.24, 2.45) is 5.73 Å². The summed E-state index contributed by atoms with van der Waals surface area (Å²) in [4.78, 5) is 10.7. The van der Waals surface area contributed by atoms with Crippen molar-refractivity contribution in [3.8, 4) is 0 Å². The summed E-state index contributed by atoms with van der Waals surface area (Å²) in [5.41, 5.74) is 5.10. The predicted octanol–water partition coefficient (Wildman–Crippen LogP) is 0.910. The summed E-state index contributed by atoms with van der Waals surface area (Å²) in [5, 5.41) is 0. The molecule has 0 aromatic heterocycles. The number of carbonyl (C=O) groups is 1. The first kappa shape index (κ1) is 14.6. The Kier molecular flexibility index (Phi) is 7.58. The minimum Gasteiger partial charge on any atom is -0.374 e. The molecule has 0 aliphatic carbocycles. The summed E-state index contributed by atoms with van der Waals surface area (Å²) in [6.45, 7) is 7.19. The van der Waals surface area contributed by atoms with Crippen LogP contribution in [0, 0.1) is 0 Å². The number of hydrogen-bond acceptors (Lipinski definition) is 4. The summed E-state index contributed by atoms with van der Waals surface area (Å²) >= 11 is 0. The normalized spacial score (nSPS) is 11.7. The predicted molar refractivity (Wildman–Crippen MR) is 59.3 cm³/mol. The van der Waals surface area contributed by atoms with E-state index in [1.165, 1.54) is 0 Å². The minimum atomic E-state index is -2.66. The van der Waals surface area contributed by atoms with E-state index in [0.29, 0.717) is 25.9 Å². The Morgan fingerprint density at radius 1 is 1.07 bits per heavy atom. The van der Waals surface area contributed by atoms with Crippen molar-refractivity contribution >= 4 is 14.7 Å². The fourth-order valence-corrected chi connectivity index (χ4v) is 3.83. The van der Waals surface area contributed by atoms with Gasteiger partial charge in [-0.15, -0.1) is 0 Å². The molecule has 0 saturated heterocycles. The van der Waals surface area contributed by atoms with E-state index in [-0.39, 0.29) is 12.3 Å². The molecule has 2 N–H and O–H groups in total. The van der Waals surface area contributed by atoms with Crippen LogP contribution in [-0.2, 0) is 18.1 Å². The lowest BCUT2D eigenvalue weighted by atomic mass is 10.5. The SMILES string of the molecule is CCO[Si](CCC(N)=O)(OCC)OCC. The first-order valence-electron chi connectivity index (χ1n) is 5.30. The van der Waals surface area contributed by atoms with Crippen LogP contribution in [0.5, 0.6) is 0 Å². The maximum atomic E-state index is 10.7. The van der Waals surface area contributed by atoms with Gasteiger partial charge in [-0.05, 0) is 20.8 Å². The van der Waals surface area contributed by atoms with Gasteiger partial charge in [0.2, 0.25) is 5.91 Å². The molecule has 0 rings (SSSR count). The first-order valence-corrected chi connectivity index (χ1v) is 7.23. The molecule has 0 heterocycles. The number of carbonyl (C=O) groups excluding carboxylic acids is 1. The third-order valence-electron chi connectivity index (χ3n) is 1.77. The molecule has 6 heteroatoms. The molecule has 0 radical (unpaired) electrons. The standard InChI is InChI=1S/C9H21NO4Si/c1-4-12-15(13-5-2,14-6-3)8-7-9(10)11/h4-8H2,1-3H3,(H2,10,11). The van der Waals surface area contributed by atoms with Crippen molar-refractivity contribution < 1.29 is 18.1 Å². The van der Waals surface area contributed by atoms with Crippen LogP contribution in [0.4, 0.5) is 0 Å². The van der Waals surface area contributed by atoms with E-state index in [9.17, 15) is 4.79 Å². The lowest BCUT2D eigenvalue weighted by molar-refractivity contribution is -0.118. The van der Waals surface area contributed by atoms with Crippen molar-refractivity contribution in [1.82, 2.24) is 0 Å². The Morgan fingerprint density at radius 2 is 1.47 bits per heavy atom. The molecule has 90 valence electrons. The quantitative estimate of drug-likeness (QED) is 0.603. The van der Waals surface area contributed by atoms with E-state index in [4.69, 9.17) is 19.0 Å². The topological polar surface area (TPSA) is 70.8 Å². The zero-order chi connectivity index (χ0) is 11.7. The number of primary amides is 1. The van der Waals surface area contributed by atoms with Crippen LogP contribution in [-0.4, -0.2) is 34.5 Å². The zero-order valence-corrected chi connectivity index (χ0v) is 10.7. The molecule has 0 unspecified atom stereocenters. The highest BCUT2D eigenvalue weighted by Crippen LogP contribution is 2.17. The molecule has 5 nitrogen and oxygen atoms in total. The van der Waals surface area contributed by atoms with Crippen LogP contribution in [0.3, 0.4) is 0 Å². The molecular weight excluding hydrogens is 214 g/mol. The summed E-state index contributed by atoms with van der Waals surface area (Å²) in [6, 6.07) is 0.456. The minimum absolute atomic E-state index is 0.242. The van der Waals surface area contributed by atoms with Crippen LogP contribution < -0.4 is 5.73 Å². The number of amides is 1. The lowest BCUT2D eigenvalue weighted by Gasteiger charge is -2.27. The number of nitrogens with two attached hydrogens (primary N) is 1. The molecule has 0 aliphatic rings. The molecular formula is C9H21NO4Si. The number of hydrogen-bond donors (Lipinski definition) is 1. The van der Waals surface area contributed by atoms with E-state index in [1.54, 1.807) is 0 Å². The maximum Gasteiger partial charge on any atom is 0.501 e. The molecule has 0 aliphatic heterocycles. The average molecular weight is 235 g/mol. The van der Waals surface area contributed by atoms with Crippen molar-refractivity contribution in [2.45, 2.75) is 33.2 Å². The highest BCUT2D eigenvalue weighted by Gasteiger charge is 2.40. The van der Waals surface area contributed by atoms with Gasteiger partial charge in [-0.1, -0.05) is 0 Å². The molecule has 0 atom stereocenters. The van der Waals surface area contributed by atoms with E-state index < -0.39 is 8.80 Å². The van der Waals surface area contributed by atoms with Gasteiger partial charge in [0.15, 0.2) is 0 Å². The Balaban J connectivity index is 4.37. The summed E-state index contributed by atoms with van der Waals surface area (Å²) < 4.78 is 16.6. The van der Waals surface area contributed by atoms with Crippen LogP contribution in [0.2, 0.25) is 6.04 Å². The second-order valence-corrected chi connectivity index (χ2v) is 5.68. The third kappa shape index (κ3) is 5.88. The summed E-state index contributed by atoms with van der Waals surface area (Å²) in [6.07, 6.45) is 0.242. The van der Waals surface area contributed by atoms with E-state index >= 15 is 0 Å². The molecule has 0 spiro atoms. The van der Waals surface area contributed by atoms with Crippen LogP contribution in [0.15, 0.2) is 0 Å². The van der Waals surface area contributed by atoms with Gasteiger partial charge >= 0.3 is 8.80 Å². The van der Waals surface area contributed by atoms with Gasteiger partial charge in [0.1, 0.15) is 0 Å². The second-order valence-electron chi connectivity index (χ2n) is 2.95. The van der Waals surface area contributed by atoms with Crippen molar-refractivity contribution in [3.05, 3.63) is 0 Å². The molecule has 0 bridgehead atoms. The molecule has 1 amide bonds. The fraction of sp³-hybridized carbons (Fsp3) is 0.889. The van der Waals surface area contributed by atoms with Crippen molar-refractivity contribution in [3.63, 3.8) is 0 Å². The lowest BCUT2D eigenvalue weighted by Crippen LogP contribution is -2.46.